The molecule has 0 fully saturated rings. The first-order valence-corrected chi connectivity index (χ1v) is 24.5. The molecule has 0 aliphatic rings. The number of benzene rings is 10. The van der Waals surface area contributed by atoms with Crippen molar-refractivity contribution < 1.29 is 13.3 Å². The monoisotopic (exact) mass is 926 g/mol. The van der Waals surface area contributed by atoms with Gasteiger partial charge in [0, 0.05) is 85.6 Å². The van der Waals surface area contributed by atoms with Crippen molar-refractivity contribution in [2.45, 2.75) is 0 Å². The topological polar surface area (TPSA) is 83.0 Å². The van der Waals surface area contributed by atoms with Crippen LogP contribution in [0.25, 0.3) is 159 Å². The van der Waals surface area contributed by atoms with Crippen molar-refractivity contribution in [2.75, 3.05) is 0 Å². The summed E-state index contributed by atoms with van der Waals surface area (Å²) in [5.74, 6) is 1.60. The molecule has 0 amide bonds. The van der Waals surface area contributed by atoms with Gasteiger partial charge in [-0.2, -0.15) is 0 Å². The Hall–Kier alpha value is -9.37. The lowest BCUT2D eigenvalue weighted by molar-refractivity contribution is 0.668. The zero-order chi connectivity index (χ0) is 46.3. The molecule has 0 saturated carbocycles. The first-order chi connectivity index (χ1) is 35.1. The molecule has 0 bridgehead atoms. The smallest absolute Gasteiger partial charge is 0.164 e. The van der Waals surface area contributed by atoms with E-state index in [1.165, 1.54) is 42.0 Å². The largest absolute Gasteiger partial charge is 0.456 e. The summed E-state index contributed by atoms with van der Waals surface area (Å²) in [6, 6.07) is 72.2. The van der Waals surface area contributed by atoms with Crippen LogP contribution < -0.4 is 0 Å². The Balaban J connectivity index is 0.812. The minimum absolute atomic E-state index is 0.531. The van der Waals surface area contributed by atoms with Crippen LogP contribution in [-0.4, -0.2) is 19.5 Å². The van der Waals surface area contributed by atoms with E-state index in [4.69, 9.17) is 28.2 Å². The van der Waals surface area contributed by atoms with Gasteiger partial charge in [-0.05, 0) is 102 Å². The van der Waals surface area contributed by atoms with Crippen molar-refractivity contribution >= 4 is 119 Å². The number of hydrogen-bond acceptors (Lipinski definition) is 7. The van der Waals surface area contributed by atoms with Crippen molar-refractivity contribution in [3.05, 3.63) is 206 Å². The van der Waals surface area contributed by atoms with E-state index in [2.05, 4.69) is 150 Å². The number of furan rings is 3. The average molecular weight is 927 g/mol. The molecule has 8 heteroatoms. The van der Waals surface area contributed by atoms with Crippen LogP contribution in [-0.2, 0) is 0 Å². The second kappa shape index (κ2) is 14.6. The van der Waals surface area contributed by atoms with Crippen LogP contribution in [0.3, 0.4) is 0 Å². The summed E-state index contributed by atoms with van der Waals surface area (Å²) in [5, 5.41) is 11.2. The second-order valence-electron chi connectivity index (χ2n) is 18.3. The first kappa shape index (κ1) is 38.6. The number of fused-ring (bicyclic) bond motifs is 15. The van der Waals surface area contributed by atoms with E-state index < -0.39 is 0 Å². The average Bonchev–Trinajstić information content (AvgIpc) is 4.25. The van der Waals surface area contributed by atoms with Crippen molar-refractivity contribution in [2.24, 2.45) is 0 Å². The maximum atomic E-state index is 6.71. The summed E-state index contributed by atoms with van der Waals surface area (Å²) in [4.78, 5) is 15.6. The number of nitrogens with zero attached hydrogens (tertiary/aromatic N) is 4. The molecule has 16 rings (SSSR count). The molecule has 0 aliphatic heterocycles. The van der Waals surface area contributed by atoms with Gasteiger partial charge in [-0.25, -0.2) is 15.0 Å². The summed E-state index contributed by atoms with van der Waals surface area (Å²) >= 11 is 1.83. The Morgan fingerprint density at radius 3 is 1.48 bits per heavy atom. The minimum atomic E-state index is 0.531. The highest BCUT2D eigenvalue weighted by atomic mass is 32.1. The van der Waals surface area contributed by atoms with Crippen molar-refractivity contribution in [1.82, 2.24) is 19.5 Å². The molecule has 0 atom stereocenters. The lowest BCUT2D eigenvalue weighted by Crippen LogP contribution is -2.00. The third-order valence-corrected chi connectivity index (χ3v) is 15.4. The fourth-order valence-corrected chi connectivity index (χ4v) is 12.1. The van der Waals surface area contributed by atoms with E-state index in [1.807, 2.05) is 72.0 Å². The standard InChI is InChI=1S/C63H34N4O3S/c1-5-15-50-40(10-1)41-11-2-6-16-51(41)67(50)39-24-29-58-49(34-39)46-27-20-36(33-59(46)71-58)35-21-28-47-57(30-35)70-54-19-9-14-48(60(47)54)63-65-61(37-22-25-44-42-12-3-7-17-52(42)68-55(44)31-37)64-62(66-63)38-23-26-45-43-13-4-8-18-53(43)69-56(45)32-38/h1-34H. The van der Waals surface area contributed by atoms with E-state index >= 15 is 0 Å². The maximum Gasteiger partial charge on any atom is 0.164 e. The van der Waals surface area contributed by atoms with Gasteiger partial charge in [-0.15, -0.1) is 11.3 Å². The Labute approximate surface area is 407 Å². The van der Waals surface area contributed by atoms with Crippen molar-refractivity contribution in [3.8, 4) is 51.0 Å². The van der Waals surface area contributed by atoms with Crippen LogP contribution in [0.4, 0.5) is 0 Å². The van der Waals surface area contributed by atoms with E-state index in [0.29, 0.717) is 17.5 Å². The number of para-hydroxylation sites is 4. The molecular formula is C63H34N4O3S. The molecular weight excluding hydrogens is 893 g/mol. The van der Waals surface area contributed by atoms with E-state index in [-0.39, 0.29) is 0 Å². The van der Waals surface area contributed by atoms with Crippen LogP contribution >= 0.6 is 11.3 Å². The summed E-state index contributed by atoms with van der Waals surface area (Å²) in [5.41, 5.74) is 13.0. The predicted octanol–water partition coefficient (Wildman–Crippen LogP) is 17.7. The number of thiophene rings is 1. The molecule has 6 heterocycles. The molecule has 0 spiro atoms. The number of hydrogen-bond donors (Lipinski definition) is 0. The molecule has 0 N–H and O–H groups in total. The zero-order valence-corrected chi connectivity index (χ0v) is 38.4. The van der Waals surface area contributed by atoms with Crippen LogP contribution in [0.2, 0.25) is 0 Å². The molecule has 6 aromatic heterocycles. The fraction of sp³-hybridized carbons (Fsp3) is 0. The second-order valence-corrected chi connectivity index (χ2v) is 19.4. The molecule has 0 unspecified atom stereocenters. The van der Waals surface area contributed by atoms with Crippen LogP contribution in [0.15, 0.2) is 220 Å². The molecule has 0 radical (unpaired) electrons. The van der Waals surface area contributed by atoms with Gasteiger partial charge in [0.2, 0.25) is 0 Å². The highest BCUT2D eigenvalue weighted by molar-refractivity contribution is 7.25. The Morgan fingerprint density at radius 2 is 0.803 bits per heavy atom. The van der Waals surface area contributed by atoms with Crippen molar-refractivity contribution in [3.63, 3.8) is 0 Å². The third-order valence-electron chi connectivity index (χ3n) is 14.3. The van der Waals surface area contributed by atoms with Gasteiger partial charge >= 0.3 is 0 Å². The molecule has 0 saturated heterocycles. The Bertz CT molecular complexity index is 4730. The lowest BCUT2D eigenvalue weighted by Gasteiger charge is -2.09. The Morgan fingerprint density at radius 1 is 0.310 bits per heavy atom. The van der Waals surface area contributed by atoms with E-state index in [9.17, 15) is 0 Å². The quantitative estimate of drug-likeness (QED) is 0.171. The molecule has 330 valence electrons. The SMILES string of the molecule is c1ccc2c(c1)oc1cc(-c3nc(-c4ccc5c(c4)oc4ccccc45)nc(-c4cccc5oc6cc(-c7ccc8c(c7)sc7ccc(-n9c%10ccccc%10c%10ccccc%109)cc78)ccc6c45)n3)ccc12. The highest BCUT2D eigenvalue weighted by Gasteiger charge is 2.21. The fourth-order valence-electron chi connectivity index (χ4n) is 11.0. The summed E-state index contributed by atoms with van der Waals surface area (Å²) in [6.45, 7) is 0. The molecule has 10 aromatic carbocycles. The molecule has 16 aromatic rings. The predicted molar refractivity (Wildman–Crippen MR) is 291 cm³/mol. The first-order valence-electron chi connectivity index (χ1n) is 23.6. The lowest BCUT2D eigenvalue weighted by atomic mass is 10.0. The van der Waals surface area contributed by atoms with Gasteiger partial charge in [0.15, 0.2) is 17.5 Å². The minimum Gasteiger partial charge on any atom is -0.456 e. The van der Waals surface area contributed by atoms with Crippen LogP contribution in [0, 0.1) is 0 Å². The van der Waals surface area contributed by atoms with Crippen molar-refractivity contribution in [1.29, 1.82) is 0 Å². The molecule has 71 heavy (non-hydrogen) atoms. The zero-order valence-electron chi connectivity index (χ0n) is 37.6. The number of rotatable bonds is 5. The van der Waals surface area contributed by atoms with Gasteiger partial charge in [-0.3, -0.25) is 0 Å². The van der Waals surface area contributed by atoms with Gasteiger partial charge in [-0.1, -0.05) is 115 Å². The van der Waals surface area contributed by atoms with Gasteiger partial charge < -0.3 is 17.8 Å². The van der Waals surface area contributed by atoms with Gasteiger partial charge in [0.25, 0.3) is 0 Å². The number of aromatic nitrogens is 4. The summed E-state index contributed by atoms with van der Waals surface area (Å²) < 4.78 is 24.3. The maximum absolute atomic E-state index is 6.71. The Kier molecular flexibility index (Phi) is 7.92. The normalized spacial score (nSPS) is 12.2. The summed E-state index contributed by atoms with van der Waals surface area (Å²) in [6.07, 6.45) is 0. The summed E-state index contributed by atoms with van der Waals surface area (Å²) in [7, 11) is 0. The van der Waals surface area contributed by atoms with Crippen LogP contribution in [0.5, 0.6) is 0 Å². The van der Waals surface area contributed by atoms with Gasteiger partial charge in [0.05, 0.1) is 11.0 Å². The molecule has 0 aliphatic carbocycles. The van der Waals surface area contributed by atoms with E-state index in [1.54, 1.807) is 0 Å². The van der Waals surface area contributed by atoms with Gasteiger partial charge in [0.1, 0.15) is 33.5 Å². The molecule has 7 nitrogen and oxygen atoms in total. The highest BCUT2D eigenvalue weighted by Crippen LogP contribution is 2.43. The van der Waals surface area contributed by atoms with Crippen LogP contribution in [0.1, 0.15) is 0 Å². The van der Waals surface area contributed by atoms with E-state index in [0.717, 1.165) is 99.3 Å². The third kappa shape index (κ3) is 5.80.